The lowest BCUT2D eigenvalue weighted by Gasteiger charge is -2.07. The first kappa shape index (κ1) is 16.0. The number of hydrogen-bond acceptors (Lipinski definition) is 4. The third kappa shape index (κ3) is 4.57. The Bertz CT molecular complexity index is 810. The molecule has 1 aromatic heterocycles. The van der Waals surface area contributed by atoms with Crippen LogP contribution in [-0.2, 0) is 24.6 Å². The maximum absolute atomic E-state index is 12.1. The van der Waals surface area contributed by atoms with Gasteiger partial charge in [0.05, 0.1) is 6.61 Å². The minimum Gasteiger partial charge on any atom is -0.482 e. The summed E-state index contributed by atoms with van der Waals surface area (Å²) in [7, 11) is 0. The van der Waals surface area contributed by atoms with Crippen molar-refractivity contribution >= 4 is 0 Å². The zero-order valence-electron chi connectivity index (χ0n) is 13.2. The molecule has 4 heteroatoms. The SMILES string of the molecule is O=c1cc(COCc2ccccc2)occ1OCc1ccccc1. The molecule has 0 aliphatic rings. The number of ether oxygens (including phenoxy) is 2. The van der Waals surface area contributed by atoms with E-state index in [4.69, 9.17) is 13.9 Å². The summed E-state index contributed by atoms with van der Waals surface area (Å²) < 4.78 is 16.5. The highest BCUT2D eigenvalue weighted by Crippen LogP contribution is 2.11. The quantitative estimate of drug-likeness (QED) is 0.661. The van der Waals surface area contributed by atoms with Crippen LogP contribution in [0.5, 0.6) is 5.75 Å². The summed E-state index contributed by atoms with van der Waals surface area (Å²) in [5.41, 5.74) is 1.85. The molecule has 0 atom stereocenters. The molecule has 1 heterocycles. The largest absolute Gasteiger partial charge is 0.482 e. The van der Waals surface area contributed by atoms with Gasteiger partial charge in [0, 0.05) is 6.07 Å². The molecular weight excluding hydrogens is 304 g/mol. The first-order valence-corrected chi connectivity index (χ1v) is 7.71. The Hall–Kier alpha value is -2.85. The predicted octanol–water partition coefficient (Wildman–Crippen LogP) is 3.94. The molecule has 122 valence electrons. The van der Waals surface area contributed by atoms with E-state index < -0.39 is 0 Å². The number of benzene rings is 2. The van der Waals surface area contributed by atoms with Crippen molar-refractivity contribution in [2.24, 2.45) is 0 Å². The molecule has 0 aliphatic heterocycles. The zero-order chi connectivity index (χ0) is 16.6. The van der Waals surface area contributed by atoms with Crippen LogP contribution in [0.15, 0.2) is 82.2 Å². The van der Waals surface area contributed by atoms with E-state index in [9.17, 15) is 4.79 Å². The van der Waals surface area contributed by atoms with Gasteiger partial charge in [-0.3, -0.25) is 4.79 Å². The van der Waals surface area contributed by atoms with Gasteiger partial charge in [-0.2, -0.15) is 0 Å². The minimum atomic E-state index is -0.213. The van der Waals surface area contributed by atoms with E-state index in [-0.39, 0.29) is 17.8 Å². The summed E-state index contributed by atoms with van der Waals surface area (Å²) in [6.07, 6.45) is 1.34. The van der Waals surface area contributed by atoms with Crippen LogP contribution in [0.25, 0.3) is 0 Å². The summed E-state index contributed by atoms with van der Waals surface area (Å²) >= 11 is 0. The van der Waals surface area contributed by atoms with Crippen LogP contribution in [0.4, 0.5) is 0 Å². The molecule has 3 rings (SSSR count). The Morgan fingerprint density at radius 3 is 2.04 bits per heavy atom. The minimum absolute atomic E-state index is 0.200. The van der Waals surface area contributed by atoms with Crippen LogP contribution in [0.1, 0.15) is 16.9 Å². The van der Waals surface area contributed by atoms with Gasteiger partial charge in [0.2, 0.25) is 11.2 Å². The Morgan fingerprint density at radius 2 is 1.42 bits per heavy atom. The fourth-order valence-corrected chi connectivity index (χ4v) is 2.20. The standard InChI is InChI=1S/C20H18O4/c21-19-11-18(14-22-12-16-7-3-1-4-8-16)23-15-20(19)24-13-17-9-5-2-6-10-17/h1-11,15H,12-14H2. The average Bonchev–Trinajstić information content (AvgIpc) is 2.63. The van der Waals surface area contributed by atoms with Crippen molar-refractivity contribution in [1.29, 1.82) is 0 Å². The topological polar surface area (TPSA) is 48.7 Å². The van der Waals surface area contributed by atoms with Crippen LogP contribution < -0.4 is 10.2 Å². The molecule has 0 unspecified atom stereocenters. The predicted molar refractivity (Wildman–Crippen MR) is 90.7 cm³/mol. The molecule has 3 aromatic rings. The number of rotatable bonds is 7. The van der Waals surface area contributed by atoms with Crippen LogP contribution in [0, 0.1) is 0 Å². The molecule has 24 heavy (non-hydrogen) atoms. The lowest BCUT2D eigenvalue weighted by Crippen LogP contribution is -2.08. The lowest BCUT2D eigenvalue weighted by molar-refractivity contribution is 0.0911. The molecule has 4 nitrogen and oxygen atoms in total. The molecule has 0 N–H and O–H groups in total. The van der Waals surface area contributed by atoms with E-state index >= 15 is 0 Å². The summed E-state index contributed by atoms with van der Waals surface area (Å²) in [5.74, 6) is 0.675. The average molecular weight is 322 g/mol. The van der Waals surface area contributed by atoms with Crippen LogP contribution in [0.3, 0.4) is 0 Å². The molecule has 0 saturated heterocycles. The van der Waals surface area contributed by atoms with Crippen LogP contribution in [-0.4, -0.2) is 0 Å². The fraction of sp³-hybridized carbons (Fsp3) is 0.150. The normalized spacial score (nSPS) is 10.5. The maximum Gasteiger partial charge on any atom is 0.227 e. The van der Waals surface area contributed by atoms with Crippen molar-refractivity contribution in [2.75, 3.05) is 0 Å². The molecule has 0 fully saturated rings. The highest BCUT2D eigenvalue weighted by atomic mass is 16.5. The molecule has 2 aromatic carbocycles. The third-order valence-electron chi connectivity index (χ3n) is 3.45. The van der Waals surface area contributed by atoms with E-state index in [1.54, 1.807) is 0 Å². The fourth-order valence-electron chi connectivity index (χ4n) is 2.20. The van der Waals surface area contributed by atoms with Crippen molar-refractivity contribution in [2.45, 2.75) is 19.8 Å². The van der Waals surface area contributed by atoms with Crippen LogP contribution in [0.2, 0.25) is 0 Å². The summed E-state index contributed by atoms with van der Waals surface area (Å²) in [5, 5.41) is 0. The van der Waals surface area contributed by atoms with Gasteiger partial charge < -0.3 is 13.9 Å². The monoisotopic (exact) mass is 322 g/mol. The Morgan fingerprint density at radius 1 is 0.792 bits per heavy atom. The van der Waals surface area contributed by atoms with E-state index in [1.165, 1.54) is 12.3 Å². The molecule has 0 amide bonds. The summed E-state index contributed by atoms with van der Waals surface area (Å²) in [6.45, 7) is 1.04. The smallest absolute Gasteiger partial charge is 0.227 e. The second-order valence-corrected chi connectivity index (χ2v) is 5.33. The van der Waals surface area contributed by atoms with Crippen molar-refractivity contribution in [3.05, 3.63) is 100 Å². The van der Waals surface area contributed by atoms with Crippen molar-refractivity contribution in [1.82, 2.24) is 0 Å². The van der Waals surface area contributed by atoms with E-state index in [2.05, 4.69) is 0 Å². The van der Waals surface area contributed by atoms with Gasteiger partial charge >= 0.3 is 0 Å². The van der Waals surface area contributed by atoms with Crippen molar-refractivity contribution < 1.29 is 13.9 Å². The van der Waals surface area contributed by atoms with Gasteiger partial charge in [-0.25, -0.2) is 0 Å². The molecule has 0 spiro atoms. The highest BCUT2D eigenvalue weighted by molar-refractivity contribution is 5.20. The van der Waals surface area contributed by atoms with E-state index in [0.717, 1.165) is 11.1 Å². The molecule has 0 radical (unpaired) electrons. The molecule has 0 saturated carbocycles. The summed E-state index contributed by atoms with van der Waals surface area (Å²) in [6, 6.07) is 20.9. The Labute approximate surface area is 140 Å². The van der Waals surface area contributed by atoms with Crippen LogP contribution >= 0.6 is 0 Å². The first-order valence-electron chi connectivity index (χ1n) is 7.71. The van der Waals surface area contributed by atoms with Gasteiger partial charge in [-0.15, -0.1) is 0 Å². The van der Waals surface area contributed by atoms with Crippen molar-refractivity contribution in [3.63, 3.8) is 0 Å². The third-order valence-corrected chi connectivity index (χ3v) is 3.45. The van der Waals surface area contributed by atoms with E-state index in [1.807, 2.05) is 60.7 Å². The van der Waals surface area contributed by atoms with Gasteiger partial charge in [0.25, 0.3) is 0 Å². The molecular formula is C20H18O4. The second-order valence-electron chi connectivity index (χ2n) is 5.33. The molecule has 0 bridgehead atoms. The van der Waals surface area contributed by atoms with Gasteiger partial charge in [0.1, 0.15) is 25.2 Å². The summed E-state index contributed by atoms with van der Waals surface area (Å²) in [4.78, 5) is 12.1. The molecule has 0 aliphatic carbocycles. The second kappa shape index (κ2) is 8.13. The van der Waals surface area contributed by atoms with Crippen molar-refractivity contribution in [3.8, 4) is 5.75 Å². The first-order chi connectivity index (χ1) is 11.8. The Balaban J connectivity index is 1.53. The van der Waals surface area contributed by atoms with E-state index in [0.29, 0.717) is 19.0 Å². The van der Waals surface area contributed by atoms with Gasteiger partial charge in [0.15, 0.2) is 0 Å². The Kier molecular flexibility index (Phi) is 5.43. The van der Waals surface area contributed by atoms with Gasteiger partial charge in [-0.05, 0) is 11.1 Å². The highest BCUT2D eigenvalue weighted by Gasteiger charge is 2.05. The maximum atomic E-state index is 12.1. The zero-order valence-corrected chi connectivity index (χ0v) is 13.2. The number of hydrogen-bond donors (Lipinski definition) is 0. The lowest BCUT2D eigenvalue weighted by atomic mass is 10.2. The van der Waals surface area contributed by atoms with Gasteiger partial charge in [-0.1, -0.05) is 60.7 Å².